The van der Waals surface area contributed by atoms with Crippen molar-refractivity contribution in [2.24, 2.45) is 5.92 Å². The second-order valence-electron chi connectivity index (χ2n) is 5.79. The zero-order chi connectivity index (χ0) is 14.4. The lowest BCUT2D eigenvalue weighted by Crippen LogP contribution is -2.54. The summed E-state index contributed by atoms with van der Waals surface area (Å²) in [7, 11) is 1.71. The molecule has 1 fully saturated rings. The maximum absolute atomic E-state index is 5.21. The Morgan fingerprint density at radius 1 is 1.35 bits per heavy atom. The summed E-state index contributed by atoms with van der Waals surface area (Å²) in [5, 5.41) is 3.54. The molecule has 0 aromatic heterocycles. The van der Waals surface area contributed by atoms with Gasteiger partial charge in [-0.15, -0.1) is 0 Å². The average Bonchev–Trinajstić information content (AvgIpc) is 2.53. The molecule has 2 rings (SSSR count). The molecule has 1 N–H and O–H groups in total. The number of ether oxygens (including phenoxy) is 1. The first-order chi connectivity index (χ1) is 9.74. The van der Waals surface area contributed by atoms with E-state index >= 15 is 0 Å². The number of hydrogen-bond acceptors (Lipinski definition) is 3. The van der Waals surface area contributed by atoms with Crippen LogP contribution in [0.25, 0.3) is 0 Å². The molecule has 1 heterocycles. The van der Waals surface area contributed by atoms with Crippen molar-refractivity contribution in [2.45, 2.75) is 32.7 Å². The predicted octanol–water partition coefficient (Wildman–Crippen LogP) is 2.56. The summed E-state index contributed by atoms with van der Waals surface area (Å²) in [6.07, 6.45) is 2.38. The topological polar surface area (TPSA) is 24.5 Å². The molecule has 1 aromatic rings. The molecule has 1 aromatic carbocycles. The van der Waals surface area contributed by atoms with Gasteiger partial charge in [-0.25, -0.2) is 0 Å². The molecule has 0 spiro atoms. The number of rotatable bonds is 6. The molecular formula is C17H28N2O. The smallest absolute Gasteiger partial charge is 0.118 e. The Hall–Kier alpha value is -1.06. The van der Waals surface area contributed by atoms with E-state index < -0.39 is 0 Å². The van der Waals surface area contributed by atoms with E-state index in [0.717, 1.165) is 37.7 Å². The third-order valence-corrected chi connectivity index (χ3v) is 4.55. The Morgan fingerprint density at radius 2 is 2.10 bits per heavy atom. The van der Waals surface area contributed by atoms with Crippen molar-refractivity contribution in [1.82, 2.24) is 10.2 Å². The van der Waals surface area contributed by atoms with E-state index in [4.69, 9.17) is 4.74 Å². The summed E-state index contributed by atoms with van der Waals surface area (Å²) in [6.45, 7) is 9.25. The Kier molecular flexibility index (Phi) is 5.86. The van der Waals surface area contributed by atoms with Gasteiger partial charge < -0.3 is 10.1 Å². The molecule has 112 valence electrons. The van der Waals surface area contributed by atoms with Gasteiger partial charge in [-0.1, -0.05) is 32.4 Å². The zero-order valence-corrected chi connectivity index (χ0v) is 13.1. The second kappa shape index (κ2) is 7.65. The minimum absolute atomic E-state index is 0.687. The molecule has 1 aliphatic heterocycles. The highest BCUT2D eigenvalue weighted by Crippen LogP contribution is 2.18. The number of benzene rings is 1. The minimum Gasteiger partial charge on any atom is -0.497 e. The van der Waals surface area contributed by atoms with E-state index in [0.29, 0.717) is 6.04 Å². The van der Waals surface area contributed by atoms with Crippen LogP contribution in [0.1, 0.15) is 25.8 Å². The fourth-order valence-corrected chi connectivity index (χ4v) is 2.94. The van der Waals surface area contributed by atoms with E-state index in [1.54, 1.807) is 7.11 Å². The Balaban J connectivity index is 1.89. The Bertz CT molecular complexity index is 390. The first-order valence-electron chi connectivity index (χ1n) is 7.82. The van der Waals surface area contributed by atoms with Crippen LogP contribution in [0.3, 0.4) is 0 Å². The van der Waals surface area contributed by atoms with Crippen LogP contribution in [-0.2, 0) is 6.42 Å². The number of methoxy groups -OCH3 is 1. The highest BCUT2D eigenvalue weighted by Gasteiger charge is 2.25. The molecule has 1 aliphatic rings. The third kappa shape index (κ3) is 3.97. The van der Waals surface area contributed by atoms with Crippen LogP contribution < -0.4 is 10.1 Å². The largest absolute Gasteiger partial charge is 0.497 e. The molecule has 2 unspecified atom stereocenters. The fourth-order valence-electron chi connectivity index (χ4n) is 2.94. The first kappa shape index (κ1) is 15.3. The Labute approximate surface area is 123 Å². The summed E-state index contributed by atoms with van der Waals surface area (Å²) in [5.74, 6) is 1.70. The second-order valence-corrected chi connectivity index (χ2v) is 5.79. The molecular weight excluding hydrogens is 248 g/mol. The quantitative estimate of drug-likeness (QED) is 0.864. The van der Waals surface area contributed by atoms with Crippen LogP contribution in [0, 0.1) is 5.92 Å². The van der Waals surface area contributed by atoms with Crippen LogP contribution in [0.15, 0.2) is 24.3 Å². The van der Waals surface area contributed by atoms with Crippen LogP contribution in [0.5, 0.6) is 5.75 Å². The molecule has 20 heavy (non-hydrogen) atoms. The van der Waals surface area contributed by atoms with Crippen molar-refractivity contribution in [3.8, 4) is 5.75 Å². The molecule has 1 saturated heterocycles. The molecule has 0 radical (unpaired) electrons. The van der Waals surface area contributed by atoms with Crippen molar-refractivity contribution in [2.75, 3.05) is 33.3 Å². The summed E-state index contributed by atoms with van der Waals surface area (Å²) in [5.41, 5.74) is 1.40. The summed E-state index contributed by atoms with van der Waals surface area (Å²) < 4.78 is 5.21. The van der Waals surface area contributed by atoms with Gasteiger partial charge in [0, 0.05) is 32.2 Å². The minimum atomic E-state index is 0.687. The highest BCUT2D eigenvalue weighted by molar-refractivity contribution is 5.27. The summed E-state index contributed by atoms with van der Waals surface area (Å²) in [4.78, 5) is 2.66. The summed E-state index contributed by atoms with van der Waals surface area (Å²) in [6, 6.07) is 9.16. The van der Waals surface area contributed by atoms with Crippen LogP contribution in [0.4, 0.5) is 0 Å². The number of nitrogens with zero attached hydrogens (tertiary/aromatic N) is 1. The van der Waals surface area contributed by atoms with E-state index in [1.807, 2.05) is 0 Å². The monoisotopic (exact) mass is 276 g/mol. The van der Waals surface area contributed by atoms with Gasteiger partial charge in [-0.3, -0.25) is 4.90 Å². The summed E-state index contributed by atoms with van der Waals surface area (Å²) >= 11 is 0. The zero-order valence-electron chi connectivity index (χ0n) is 13.1. The fraction of sp³-hybridized carbons (Fsp3) is 0.647. The van der Waals surface area contributed by atoms with Crippen LogP contribution in [-0.4, -0.2) is 44.2 Å². The standard InChI is InChI=1S/C17H28N2O/c1-4-14(2)17-13-18-10-12-19(17)11-9-15-5-7-16(20-3)8-6-15/h5-8,14,17-18H,4,9-13H2,1-3H3. The molecule has 0 amide bonds. The highest BCUT2D eigenvalue weighted by atomic mass is 16.5. The van der Waals surface area contributed by atoms with Crippen molar-refractivity contribution < 1.29 is 4.74 Å². The van der Waals surface area contributed by atoms with Crippen molar-refractivity contribution >= 4 is 0 Å². The van der Waals surface area contributed by atoms with Gasteiger partial charge in [0.05, 0.1) is 7.11 Å². The number of piperazine rings is 1. The lowest BCUT2D eigenvalue weighted by Gasteiger charge is -2.39. The lowest BCUT2D eigenvalue weighted by molar-refractivity contribution is 0.118. The molecule has 0 bridgehead atoms. The van der Waals surface area contributed by atoms with Gasteiger partial charge in [0.2, 0.25) is 0 Å². The van der Waals surface area contributed by atoms with E-state index in [2.05, 4.69) is 48.3 Å². The maximum Gasteiger partial charge on any atom is 0.118 e. The number of nitrogens with one attached hydrogen (secondary N) is 1. The van der Waals surface area contributed by atoms with Crippen molar-refractivity contribution in [3.63, 3.8) is 0 Å². The molecule has 3 nitrogen and oxygen atoms in total. The van der Waals surface area contributed by atoms with Gasteiger partial charge in [0.1, 0.15) is 5.75 Å². The van der Waals surface area contributed by atoms with E-state index in [-0.39, 0.29) is 0 Å². The molecule has 0 aliphatic carbocycles. The Morgan fingerprint density at radius 3 is 2.75 bits per heavy atom. The van der Waals surface area contributed by atoms with Gasteiger partial charge in [0.15, 0.2) is 0 Å². The van der Waals surface area contributed by atoms with Crippen LogP contribution >= 0.6 is 0 Å². The van der Waals surface area contributed by atoms with Gasteiger partial charge in [-0.05, 0) is 30.0 Å². The van der Waals surface area contributed by atoms with Crippen molar-refractivity contribution in [3.05, 3.63) is 29.8 Å². The van der Waals surface area contributed by atoms with Gasteiger partial charge in [-0.2, -0.15) is 0 Å². The van der Waals surface area contributed by atoms with E-state index in [1.165, 1.54) is 18.5 Å². The SMILES string of the molecule is CCC(C)C1CNCCN1CCc1ccc(OC)cc1. The molecule has 3 heteroatoms. The van der Waals surface area contributed by atoms with Gasteiger partial charge in [0.25, 0.3) is 0 Å². The first-order valence-corrected chi connectivity index (χ1v) is 7.82. The maximum atomic E-state index is 5.21. The molecule has 0 saturated carbocycles. The van der Waals surface area contributed by atoms with E-state index in [9.17, 15) is 0 Å². The predicted molar refractivity (Wildman–Crippen MR) is 84.4 cm³/mol. The number of hydrogen-bond donors (Lipinski definition) is 1. The van der Waals surface area contributed by atoms with Gasteiger partial charge >= 0.3 is 0 Å². The lowest BCUT2D eigenvalue weighted by atomic mass is 9.95. The normalized spacial score (nSPS) is 21.6. The average molecular weight is 276 g/mol. The van der Waals surface area contributed by atoms with Crippen molar-refractivity contribution in [1.29, 1.82) is 0 Å². The van der Waals surface area contributed by atoms with Crippen LogP contribution in [0.2, 0.25) is 0 Å². The third-order valence-electron chi connectivity index (χ3n) is 4.55. The molecule has 2 atom stereocenters.